The number of benzene rings is 2. The van der Waals surface area contributed by atoms with E-state index in [1.165, 1.54) is 18.3 Å². The number of sulfonamides is 1. The molecule has 2 aromatic carbocycles. The Balaban J connectivity index is 1.18. The van der Waals surface area contributed by atoms with Gasteiger partial charge < -0.3 is 15.0 Å². The molecule has 35 heavy (non-hydrogen) atoms. The van der Waals surface area contributed by atoms with Crippen LogP contribution < -0.4 is 19.7 Å². The van der Waals surface area contributed by atoms with Gasteiger partial charge in [0.05, 0.1) is 28.1 Å². The van der Waals surface area contributed by atoms with Gasteiger partial charge in [0, 0.05) is 36.7 Å². The van der Waals surface area contributed by atoms with Crippen LogP contribution in [-0.4, -0.2) is 49.5 Å². The lowest BCUT2D eigenvalue weighted by Crippen LogP contribution is -2.52. The van der Waals surface area contributed by atoms with Crippen molar-refractivity contribution in [2.45, 2.75) is 11.8 Å². The summed E-state index contributed by atoms with van der Waals surface area (Å²) < 4.78 is 33.8. The summed E-state index contributed by atoms with van der Waals surface area (Å²) in [7, 11) is -2.22. The second-order valence-corrected chi connectivity index (χ2v) is 10.8. The average Bonchev–Trinajstić information content (AvgIpc) is 3.20. The van der Waals surface area contributed by atoms with Gasteiger partial charge in [0.1, 0.15) is 5.75 Å². The van der Waals surface area contributed by atoms with E-state index >= 15 is 0 Å². The Morgan fingerprint density at radius 3 is 2.60 bits per heavy atom. The summed E-state index contributed by atoms with van der Waals surface area (Å²) in [4.78, 5) is 27.4. The fraction of sp³-hybridized carbons (Fsp3) is 0.217. The first kappa shape index (κ1) is 23.0. The summed E-state index contributed by atoms with van der Waals surface area (Å²) in [6, 6.07) is 13.4. The van der Waals surface area contributed by atoms with E-state index in [9.17, 15) is 13.2 Å². The fourth-order valence-electron chi connectivity index (χ4n) is 3.60. The van der Waals surface area contributed by atoms with Gasteiger partial charge in [-0.3, -0.25) is 4.79 Å². The molecular formula is C23H22N6O4S2. The zero-order chi connectivity index (χ0) is 24.6. The Bertz CT molecular complexity index is 1500. The Hall–Kier alpha value is -3.77. The zero-order valence-corrected chi connectivity index (χ0v) is 20.6. The maximum absolute atomic E-state index is 12.7. The van der Waals surface area contributed by atoms with Crippen LogP contribution >= 0.6 is 11.3 Å². The number of fused-ring (bicyclic) bond motifs is 1. The lowest BCUT2D eigenvalue weighted by atomic mass is 10.00. The minimum absolute atomic E-state index is 0.00387. The van der Waals surface area contributed by atoms with E-state index in [0.717, 1.165) is 21.1 Å². The largest absolute Gasteiger partial charge is 0.497 e. The number of hydrogen-bond donors (Lipinski definition) is 2. The van der Waals surface area contributed by atoms with Crippen LogP contribution in [0.5, 0.6) is 5.75 Å². The van der Waals surface area contributed by atoms with Crippen molar-refractivity contribution < 1.29 is 17.9 Å². The van der Waals surface area contributed by atoms with Crippen LogP contribution in [0.2, 0.25) is 0 Å². The predicted molar refractivity (Wildman–Crippen MR) is 135 cm³/mol. The van der Waals surface area contributed by atoms with Crippen LogP contribution in [0.4, 0.5) is 16.8 Å². The molecule has 180 valence electrons. The summed E-state index contributed by atoms with van der Waals surface area (Å²) >= 11 is 1.58. The third-order valence-corrected chi connectivity index (χ3v) is 8.00. The predicted octanol–water partition coefficient (Wildman–Crippen LogP) is 3.28. The quantitative estimate of drug-likeness (QED) is 0.388. The molecule has 0 bridgehead atoms. The van der Waals surface area contributed by atoms with Crippen molar-refractivity contribution in [2.75, 3.05) is 35.1 Å². The Morgan fingerprint density at radius 2 is 1.89 bits per heavy atom. The number of aryl methyl sites for hydroxylation is 1. The molecule has 1 amide bonds. The van der Waals surface area contributed by atoms with Gasteiger partial charge in [0.25, 0.3) is 10.0 Å². The summed E-state index contributed by atoms with van der Waals surface area (Å²) in [6.45, 7) is 2.88. The van der Waals surface area contributed by atoms with Crippen molar-refractivity contribution in [3.05, 3.63) is 60.4 Å². The van der Waals surface area contributed by atoms with Gasteiger partial charge >= 0.3 is 0 Å². The van der Waals surface area contributed by atoms with Crippen LogP contribution in [0.1, 0.15) is 5.69 Å². The van der Waals surface area contributed by atoms with Gasteiger partial charge in [-0.2, -0.15) is 0 Å². The molecule has 0 unspecified atom stereocenters. The fourth-order valence-corrected chi connectivity index (χ4v) is 5.51. The van der Waals surface area contributed by atoms with Crippen molar-refractivity contribution in [3.8, 4) is 5.75 Å². The van der Waals surface area contributed by atoms with Crippen LogP contribution in [-0.2, 0) is 14.8 Å². The maximum Gasteiger partial charge on any atom is 0.264 e. The number of nitrogens with one attached hydrogen (secondary N) is 2. The van der Waals surface area contributed by atoms with Crippen molar-refractivity contribution in [3.63, 3.8) is 0 Å². The number of carbonyl (C=O) groups is 1. The first-order valence-electron chi connectivity index (χ1n) is 10.7. The number of hydrogen-bond acceptors (Lipinski definition) is 9. The van der Waals surface area contributed by atoms with Crippen LogP contribution in [0.25, 0.3) is 10.2 Å². The normalized spacial score (nSPS) is 13.9. The third-order valence-electron chi connectivity index (χ3n) is 5.56. The van der Waals surface area contributed by atoms with Gasteiger partial charge in [-0.25, -0.2) is 28.1 Å². The number of nitrogens with zero attached hydrogens (tertiary/aromatic N) is 4. The van der Waals surface area contributed by atoms with Gasteiger partial charge in [0.2, 0.25) is 11.9 Å². The van der Waals surface area contributed by atoms with Gasteiger partial charge in [-0.15, -0.1) is 0 Å². The van der Waals surface area contributed by atoms with Crippen molar-refractivity contribution >= 4 is 54.3 Å². The lowest BCUT2D eigenvalue weighted by Gasteiger charge is -2.37. The summed E-state index contributed by atoms with van der Waals surface area (Å²) in [5.41, 5.74) is 2.04. The molecular weight excluding hydrogens is 488 g/mol. The van der Waals surface area contributed by atoms with E-state index in [0.29, 0.717) is 24.5 Å². The monoisotopic (exact) mass is 510 g/mol. The van der Waals surface area contributed by atoms with Crippen molar-refractivity contribution in [1.82, 2.24) is 15.0 Å². The van der Waals surface area contributed by atoms with Crippen LogP contribution in [0.3, 0.4) is 0 Å². The molecule has 2 N–H and O–H groups in total. The SMILES string of the molecule is COc1ccc2sc(N3CC(C(=O)Nc4ccc(S(=O)(=O)Nc5nccc(C)n5)cc4)C3)nc2c1. The molecule has 10 nitrogen and oxygen atoms in total. The molecule has 1 saturated heterocycles. The minimum Gasteiger partial charge on any atom is -0.497 e. The molecule has 0 atom stereocenters. The van der Waals surface area contributed by atoms with E-state index in [2.05, 4.69) is 29.9 Å². The van der Waals surface area contributed by atoms with Gasteiger partial charge in [0.15, 0.2) is 5.13 Å². The standard InChI is InChI=1S/C23H22N6O4S2/c1-14-9-10-24-22(25-14)28-35(31,32)18-6-3-16(4-7-18)26-21(30)15-12-29(13-15)23-27-19-11-17(33-2)5-8-20(19)34-23/h3-11,15H,12-13H2,1-2H3,(H,26,30)(H,24,25,28). The number of aromatic nitrogens is 3. The molecule has 4 aromatic rings. The topological polar surface area (TPSA) is 126 Å². The number of ether oxygens (including phenoxy) is 1. The van der Waals surface area contributed by atoms with Gasteiger partial charge in [-0.05, 0) is 49.4 Å². The molecule has 0 aliphatic carbocycles. The number of thiazole rings is 1. The second kappa shape index (κ2) is 9.12. The number of carbonyl (C=O) groups excluding carboxylic acids is 1. The van der Waals surface area contributed by atoms with Gasteiger partial charge in [-0.1, -0.05) is 11.3 Å². The van der Waals surface area contributed by atoms with E-state index in [1.54, 1.807) is 43.6 Å². The highest BCUT2D eigenvalue weighted by Crippen LogP contribution is 2.34. The number of anilines is 3. The molecule has 1 fully saturated rings. The first-order chi connectivity index (χ1) is 16.8. The van der Waals surface area contributed by atoms with Crippen LogP contribution in [0.15, 0.2) is 59.6 Å². The summed E-state index contributed by atoms with van der Waals surface area (Å²) in [5.74, 6) is 0.462. The number of methoxy groups -OCH3 is 1. The van der Waals surface area contributed by atoms with E-state index < -0.39 is 10.0 Å². The van der Waals surface area contributed by atoms with E-state index in [4.69, 9.17) is 4.74 Å². The molecule has 0 radical (unpaired) electrons. The van der Waals surface area contributed by atoms with Crippen LogP contribution in [0, 0.1) is 12.8 Å². The average molecular weight is 511 g/mol. The summed E-state index contributed by atoms with van der Waals surface area (Å²) in [5, 5.41) is 3.73. The first-order valence-corrected chi connectivity index (χ1v) is 13.0. The Labute approximate surface area is 206 Å². The smallest absolute Gasteiger partial charge is 0.264 e. The molecule has 0 spiro atoms. The second-order valence-electron chi connectivity index (χ2n) is 8.07. The van der Waals surface area contributed by atoms with Crippen molar-refractivity contribution in [2.24, 2.45) is 5.92 Å². The molecule has 3 heterocycles. The lowest BCUT2D eigenvalue weighted by molar-refractivity contribution is -0.120. The Kier molecular flexibility index (Phi) is 5.99. The molecule has 2 aromatic heterocycles. The molecule has 12 heteroatoms. The maximum atomic E-state index is 12.7. The molecule has 5 rings (SSSR count). The minimum atomic E-state index is -3.85. The van der Waals surface area contributed by atoms with Crippen molar-refractivity contribution in [1.29, 1.82) is 0 Å². The third kappa shape index (κ3) is 4.88. The highest BCUT2D eigenvalue weighted by atomic mass is 32.2. The number of amides is 1. The molecule has 1 aliphatic rings. The van der Waals surface area contributed by atoms with E-state index in [-0.39, 0.29) is 22.7 Å². The molecule has 0 saturated carbocycles. The zero-order valence-electron chi connectivity index (χ0n) is 18.9. The number of rotatable bonds is 7. The highest BCUT2D eigenvalue weighted by Gasteiger charge is 2.34. The van der Waals surface area contributed by atoms with E-state index in [1.807, 2.05) is 18.2 Å². The summed E-state index contributed by atoms with van der Waals surface area (Å²) in [6.07, 6.45) is 1.48. The molecule has 1 aliphatic heterocycles. The highest BCUT2D eigenvalue weighted by molar-refractivity contribution is 7.92. The Morgan fingerprint density at radius 1 is 1.11 bits per heavy atom.